The summed E-state index contributed by atoms with van der Waals surface area (Å²) in [6, 6.07) is 10.7. The predicted octanol–water partition coefficient (Wildman–Crippen LogP) is 7.22. The number of amides is 2. The summed E-state index contributed by atoms with van der Waals surface area (Å²) in [5.74, 6) is -7.42. The highest BCUT2D eigenvalue weighted by molar-refractivity contribution is 6.25. The minimum Gasteiger partial charge on any atom is -0.508 e. The first-order valence-electron chi connectivity index (χ1n) is 14.7. The average molecular weight is 652 g/mol. The van der Waals surface area contributed by atoms with Gasteiger partial charge in [0, 0.05) is 28.2 Å². The Labute approximate surface area is 262 Å². The summed E-state index contributed by atoms with van der Waals surface area (Å²) >= 11 is 0. The molecular weight excluding hydrogens is 628 g/mol. The number of halogens is 6. The topological polar surface area (TPSA) is 91.8 Å². The van der Waals surface area contributed by atoms with E-state index in [4.69, 9.17) is 0 Å². The summed E-state index contributed by atoms with van der Waals surface area (Å²) in [5, 5.41) is 12.5. The summed E-state index contributed by atoms with van der Waals surface area (Å²) in [6.07, 6.45) is -7.86. The fourth-order valence-corrected chi connectivity index (χ4v) is 7.60. The van der Waals surface area contributed by atoms with Gasteiger partial charge in [0.05, 0.1) is 28.7 Å². The summed E-state index contributed by atoms with van der Waals surface area (Å²) in [4.78, 5) is 55.3. The number of anilines is 1. The number of hydrogen-bond acceptors (Lipinski definition) is 5. The molecule has 0 radical (unpaired) electrons. The molecule has 4 unspecified atom stereocenters. The number of hydrogen-bond donors (Lipinski definition) is 1. The molecule has 240 valence electrons. The molecule has 6 nitrogen and oxygen atoms in total. The molecule has 3 aromatic rings. The second kappa shape index (κ2) is 10.2. The molecule has 0 saturated carbocycles. The predicted molar refractivity (Wildman–Crippen MR) is 156 cm³/mol. The van der Waals surface area contributed by atoms with Crippen molar-refractivity contribution in [2.45, 2.75) is 38.0 Å². The van der Waals surface area contributed by atoms with Gasteiger partial charge < -0.3 is 5.11 Å². The maximum absolute atomic E-state index is 14.1. The molecule has 2 amide bonds. The molecule has 1 aliphatic heterocycles. The van der Waals surface area contributed by atoms with Gasteiger partial charge in [-0.25, -0.2) is 4.90 Å². The molecule has 3 aromatic carbocycles. The van der Waals surface area contributed by atoms with Gasteiger partial charge in [0.15, 0.2) is 11.6 Å². The molecule has 4 aliphatic rings. The number of alkyl halides is 6. The molecule has 1 N–H and O–H groups in total. The third kappa shape index (κ3) is 4.63. The number of benzene rings is 3. The van der Waals surface area contributed by atoms with E-state index in [1.165, 1.54) is 19.1 Å². The van der Waals surface area contributed by atoms with Gasteiger partial charge in [-0.15, -0.1) is 0 Å². The lowest BCUT2D eigenvalue weighted by molar-refractivity contribution is -0.143. The third-order valence-electron chi connectivity index (χ3n) is 9.63. The van der Waals surface area contributed by atoms with Gasteiger partial charge in [-0.3, -0.25) is 19.2 Å². The zero-order valence-electron chi connectivity index (χ0n) is 24.4. The lowest BCUT2D eigenvalue weighted by Gasteiger charge is -2.42. The van der Waals surface area contributed by atoms with Crippen LogP contribution in [0.15, 0.2) is 89.0 Å². The van der Waals surface area contributed by atoms with Crippen LogP contribution in [0.2, 0.25) is 0 Å². The summed E-state index contributed by atoms with van der Waals surface area (Å²) in [6.45, 7) is 1.49. The Kier molecular flexibility index (Phi) is 6.68. The quantitative estimate of drug-likeness (QED) is 0.137. The number of nitrogens with zero attached hydrogens (tertiary/aromatic N) is 1. The fraction of sp³-hybridized carbons (Fsp3) is 0.257. The molecule has 47 heavy (non-hydrogen) atoms. The van der Waals surface area contributed by atoms with Crippen LogP contribution in [-0.4, -0.2) is 28.5 Å². The highest BCUT2D eigenvalue weighted by Gasteiger charge is 2.57. The molecule has 7 rings (SSSR count). The Morgan fingerprint density at radius 2 is 1.49 bits per heavy atom. The smallest absolute Gasteiger partial charge is 0.416 e. The van der Waals surface area contributed by atoms with Crippen molar-refractivity contribution in [3.63, 3.8) is 0 Å². The van der Waals surface area contributed by atoms with Crippen LogP contribution in [0.25, 0.3) is 10.8 Å². The number of rotatable bonds is 2. The zero-order valence-corrected chi connectivity index (χ0v) is 24.4. The molecule has 0 aromatic heterocycles. The van der Waals surface area contributed by atoms with Gasteiger partial charge >= 0.3 is 12.4 Å². The number of ketones is 2. The van der Waals surface area contributed by atoms with Crippen LogP contribution in [0, 0.1) is 17.8 Å². The normalized spacial score (nSPS) is 24.7. The van der Waals surface area contributed by atoms with Crippen molar-refractivity contribution in [1.82, 2.24) is 0 Å². The standard InChI is InChI=1S/C35H23F6NO5/c1-15-10-26(44)24-14-23-21(29(30(24)31(15)45)28-20-5-3-2-4-16(20)6-9-25(28)43)7-8-22-27(23)33(47)42(32(22)46)19-12-17(34(36,37)38)11-18(13-19)35(39,40)41/h2-7,9-13,22-23,27,29,43H,8,14H2,1H3. The van der Waals surface area contributed by atoms with Crippen molar-refractivity contribution >= 4 is 39.8 Å². The lowest BCUT2D eigenvalue weighted by Crippen LogP contribution is -2.40. The van der Waals surface area contributed by atoms with Crippen molar-refractivity contribution < 1.29 is 50.6 Å². The Morgan fingerprint density at radius 3 is 2.15 bits per heavy atom. The van der Waals surface area contributed by atoms with Gasteiger partial charge in [-0.2, -0.15) is 26.3 Å². The van der Waals surface area contributed by atoms with Crippen molar-refractivity contribution in [1.29, 1.82) is 0 Å². The lowest BCUT2D eigenvalue weighted by atomic mass is 9.59. The van der Waals surface area contributed by atoms with Crippen LogP contribution >= 0.6 is 0 Å². The maximum Gasteiger partial charge on any atom is 0.416 e. The van der Waals surface area contributed by atoms with Crippen LogP contribution < -0.4 is 4.90 Å². The Hall–Kier alpha value is -5.00. The second-order valence-corrected chi connectivity index (χ2v) is 12.2. The first kappa shape index (κ1) is 30.6. The van der Waals surface area contributed by atoms with Crippen LogP contribution in [0.4, 0.5) is 32.0 Å². The van der Waals surface area contributed by atoms with Crippen LogP contribution in [-0.2, 0) is 31.5 Å². The minimum absolute atomic E-state index is 0.0814. The molecular formula is C35H23F6NO5. The first-order valence-corrected chi connectivity index (χ1v) is 14.7. The molecule has 4 atom stereocenters. The number of phenolic OH excluding ortho intramolecular Hbond substituents is 1. The third-order valence-corrected chi connectivity index (χ3v) is 9.63. The van der Waals surface area contributed by atoms with E-state index in [2.05, 4.69) is 0 Å². The summed E-state index contributed by atoms with van der Waals surface area (Å²) in [7, 11) is 0. The molecule has 0 bridgehead atoms. The van der Waals surface area contributed by atoms with E-state index in [0.29, 0.717) is 38.9 Å². The maximum atomic E-state index is 14.1. The van der Waals surface area contributed by atoms with Crippen molar-refractivity contribution in [2.75, 3.05) is 4.90 Å². The van der Waals surface area contributed by atoms with Crippen LogP contribution in [0.3, 0.4) is 0 Å². The summed E-state index contributed by atoms with van der Waals surface area (Å²) < 4.78 is 82.1. The largest absolute Gasteiger partial charge is 0.508 e. The number of carbonyl (C=O) groups is 4. The number of aromatic hydroxyl groups is 1. The van der Waals surface area contributed by atoms with Gasteiger partial charge in [0.25, 0.3) is 0 Å². The fourth-order valence-electron chi connectivity index (χ4n) is 7.60. The minimum atomic E-state index is -5.21. The van der Waals surface area contributed by atoms with Gasteiger partial charge in [0.1, 0.15) is 5.75 Å². The van der Waals surface area contributed by atoms with Crippen molar-refractivity contribution in [2.24, 2.45) is 17.8 Å². The summed E-state index contributed by atoms with van der Waals surface area (Å²) in [5.41, 5.74) is -3.05. The molecule has 1 heterocycles. The van der Waals surface area contributed by atoms with E-state index < -0.39 is 76.2 Å². The first-order chi connectivity index (χ1) is 22.1. The zero-order chi connectivity index (χ0) is 33.7. The van der Waals surface area contributed by atoms with Gasteiger partial charge in [-0.05, 0) is 66.8 Å². The van der Waals surface area contributed by atoms with Gasteiger partial charge in [-0.1, -0.05) is 42.0 Å². The van der Waals surface area contributed by atoms with E-state index in [1.54, 1.807) is 36.4 Å². The van der Waals surface area contributed by atoms with E-state index in [1.807, 2.05) is 0 Å². The Bertz CT molecular complexity index is 2020. The highest BCUT2D eigenvalue weighted by Crippen LogP contribution is 2.57. The molecule has 3 aliphatic carbocycles. The highest BCUT2D eigenvalue weighted by atomic mass is 19.4. The number of fused-ring (bicyclic) bond motifs is 4. The van der Waals surface area contributed by atoms with Crippen molar-refractivity contribution in [3.05, 3.63) is 106 Å². The van der Waals surface area contributed by atoms with E-state index in [-0.39, 0.29) is 41.4 Å². The molecule has 1 saturated heterocycles. The molecule has 12 heteroatoms. The number of allylic oxidation sites excluding steroid dienone is 6. The van der Waals surface area contributed by atoms with Crippen LogP contribution in [0.1, 0.15) is 42.4 Å². The van der Waals surface area contributed by atoms with Crippen molar-refractivity contribution in [3.8, 4) is 5.75 Å². The van der Waals surface area contributed by atoms with E-state index in [9.17, 15) is 50.6 Å². The number of Topliss-reactive ketones (excluding diaryl/α,β-unsaturated/α-hetero) is 1. The number of imide groups is 1. The molecule has 0 spiro atoms. The molecule has 1 fully saturated rings. The average Bonchev–Trinajstić information content (AvgIpc) is 3.27. The number of phenols is 1. The van der Waals surface area contributed by atoms with E-state index >= 15 is 0 Å². The SMILES string of the molecule is CC1=CC(=O)C2=C(C1=O)C(c1c(O)ccc3ccccc13)C1=CCC3C(=O)N(c4cc(C(F)(F)F)cc(C(F)(F)F)c4)C(=O)C3C1C2. The number of carbonyl (C=O) groups excluding carboxylic acids is 4. The second-order valence-electron chi connectivity index (χ2n) is 12.2. The Balaban J connectivity index is 1.39. The van der Waals surface area contributed by atoms with Gasteiger partial charge in [0.2, 0.25) is 11.8 Å². The monoisotopic (exact) mass is 651 g/mol. The Morgan fingerprint density at radius 1 is 0.830 bits per heavy atom. The van der Waals surface area contributed by atoms with E-state index in [0.717, 1.165) is 0 Å². The van der Waals surface area contributed by atoms with Crippen LogP contribution in [0.5, 0.6) is 5.75 Å².